The van der Waals surface area contributed by atoms with Crippen LogP contribution < -0.4 is 0 Å². The SMILES string of the molecule is C1=CC(=C2[N-]C=CC3=C2CCCC3)C=C1. The monoisotopic (exact) mass is 196 g/mol. The van der Waals surface area contributed by atoms with Gasteiger partial charge in [-0.1, -0.05) is 36.0 Å². The van der Waals surface area contributed by atoms with Crippen molar-refractivity contribution in [2.24, 2.45) is 0 Å². The van der Waals surface area contributed by atoms with Crippen molar-refractivity contribution in [3.8, 4) is 0 Å². The fourth-order valence-corrected chi connectivity index (χ4v) is 2.44. The fourth-order valence-electron chi connectivity index (χ4n) is 2.44. The van der Waals surface area contributed by atoms with E-state index in [0.29, 0.717) is 0 Å². The van der Waals surface area contributed by atoms with Crippen molar-refractivity contribution in [1.82, 2.24) is 0 Å². The number of hydrogen-bond donors (Lipinski definition) is 0. The first-order valence-electron chi connectivity index (χ1n) is 5.64. The summed E-state index contributed by atoms with van der Waals surface area (Å²) in [7, 11) is 0. The standard InChI is InChI=1S/C14H14N/c1-2-7-12(6-1)14-13-8-4-3-5-11(13)9-10-15-14/h1-2,6-7,9-10H,3-5,8H2/q-1. The van der Waals surface area contributed by atoms with E-state index in [1.165, 1.54) is 48.1 Å². The van der Waals surface area contributed by atoms with E-state index in [4.69, 9.17) is 0 Å². The molecular formula is C14H14N-. The van der Waals surface area contributed by atoms with Gasteiger partial charge in [0.05, 0.1) is 0 Å². The van der Waals surface area contributed by atoms with Gasteiger partial charge in [0, 0.05) is 0 Å². The van der Waals surface area contributed by atoms with E-state index in [-0.39, 0.29) is 0 Å². The molecule has 0 unspecified atom stereocenters. The van der Waals surface area contributed by atoms with Crippen LogP contribution in [0.15, 0.2) is 59.0 Å². The topological polar surface area (TPSA) is 14.1 Å². The van der Waals surface area contributed by atoms with E-state index >= 15 is 0 Å². The van der Waals surface area contributed by atoms with Crippen molar-refractivity contribution in [2.45, 2.75) is 25.7 Å². The largest absolute Gasteiger partial charge is 0.663 e. The minimum Gasteiger partial charge on any atom is -0.663 e. The maximum atomic E-state index is 4.53. The van der Waals surface area contributed by atoms with Crippen LogP contribution in [-0.4, -0.2) is 0 Å². The third-order valence-electron chi connectivity index (χ3n) is 3.21. The predicted octanol–water partition coefficient (Wildman–Crippen LogP) is 4.14. The normalized spacial score (nSPS) is 23.5. The molecule has 1 heterocycles. The van der Waals surface area contributed by atoms with Crippen LogP contribution in [0.5, 0.6) is 0 Å². The maximum Gasteiger partial charge on any atom is -0.0277 e. The molecule has 1 aliphatic heterocycles. The summed E-state index contributed by atoms with van der Waals surface area (Å²) >= 11 is 0. The first kappa shape index (κ1) is 8.78. The Balaban J connectivity index is 2.08. The molecule has 0 amide bonds. The Bertz CT molecular complexity index is 416. The second-order valence-electron chi connectivity index (χ2n) is 4.18. The summed E-state index contributed by atoms with van der Waals surface area (Å²) in [6.07, 6.45) is 17.7. The molecule has 3 aliphatic rings. The number of rotatable bonds is 0. The van der Waals surface area contributed by atoms with Crippen molar-refractivity contribution < 1.29 is 0 Å². The fraction of sp³-hybridized carbons (Fsp3) is 0.286. The van der Waals surface area contributed by atoms with Gasteiger partial charge in [0.2, 0.25) is 0 Å². The van der Waals surface area contributed by atoms with Crippen LogP contribution in [0, 0.1) is 0 Å². The molecule has 0 spiro atoms. The summed E-state index contributed by atoms with van der Waals surface area (Å²) in [5, 5.41) is 4.53. The van der Waals surface area contributed by atoms with Crippen LogP contribution in [0.4, 0.5) is 0 Å². The Hall–Kier alpha value is -1.50. The zero-order valence-electron chi connectivity index (χ0n) is 8.74. The third kappa shape index (κ3) is 1.48. The zero-order valence-corrected chi connectivity index (χ0v) is 8.74. The molecule has 0 saturated heterocycles. The third-order valence-corrected chi connectivity index (χ3v) is 3.21. The van der Waals surface area contributed by atoms with Crippen LogP contribution in [0.2, 0.25) is 0 Å². The van der Waals surface area contributed by atoms with Crippen LogP contribution in [0.3, 0.4) is 0 Å². The van der Waals surface area contributed by atoms with E-state index in [1.54, 1.807) is 0 Å². The van der Waals surface area contributed by atoms with Gasteiger partial charge in [-0.15, -0.1) is 5.70 Å². The average Bonchev–Trinajstić information content (AvgIpc) is 2.82. The van der Waals surface area contributed by atoms with Crippen LogP contribution in [0.1, 0.15) is 25.7 Å². The van der Waals surface area contributed by atoms with E-state index in [0.717, 1.165) is 0 Å². The summed E-state index contributed by atoms with van der Waals surface area (Å²) in [4.78, 5) is 0. The second kappa shape index (κ2) is 3.58. The maximum absolute atomic E-state index is 4.53. The molecule has 0 aromatic rings. The highest BCUT2D eigenvalue weighted by Crippen LogP contribution is 2.38. The molecule has 0 aromatic carbocycles. The van der Waals surface area contributed by atoms with Crippen molar-refractivity contribution in [1.29, 1.82) is 0 Å². The Morgan fingerprint density at radius 3 is 2.60 bits per heavy atom. The summed E-state index contributed by atoms with van der Waals surface area (Å²) in [6, 6.07) is 0. The predicted molar refractivity (Wildman–Crippen MR) is 63.3 cm³/mol. The van der Waals surface area contributed by atoms with E-state index in [1.807, 2.05) is 6.20 Å². The van der Waals surface area contributed by atoms with Crippen LogP contribution >= 0.6 is 0 Å². The van der Waals surface area contributed by atoms with Crippen molar-refractivity contribution in [3.05, 3.63) is 64.3 Å². The van der Waals surface area contributed by atoms with Crippen molar-refractivity contribution >= 4 is 0 Å². The quantitative estimate of drug-likeness (QED) is 0.553. The lowest BCUT2D eigenvalue weighted by molar-refractivity contribution is 0.686. The highest BCUT2D eigenvalue weighted by molar-refractivity contribution is 5.61. The van der Waals surface area contributed by atoms with Crippen LogP contribution in [-0.2, 0) is 0 Å². The lowest BCUT2D eigenvalue weighted by Crippen LogP contribution is -2.04. The van der Waals surface area contributed by atoms with Gasteiger partial charge in [-0.3, -0.25) is 0 Å². The molecule has 3 rings (SSSR count). The van der Waals surface area contributed by atoms with E-state index in [2.05, 4.69) is 35.7 Å². The molecular weight excluding hydrogens is 182 g/mol. The molecule has 15 heavy (non-hydrogen) atoms. The Labute approximate surface area is 90.6 Å². The zero-order chi connectivity index (χ0) is 10.1. The summed E-state index contributed by atoms with van der Waals surface area (Å²) in [5.74, 6) is 0. The van der Waals surface area contributed by atoms with E-state index in [9.17, 15) is 0 Å². The second-order valence-corrected chi connectivity index (χ2v) is 4.18. The molecule has 0 atom stereocenters. The van der Waals surface area contributed by atoms with E-state index < -0.39 is 0 Å². The van der Waals surface area contributed by atoms with Crippen molar-refractivity contribution in [3.63, 3.8) is 0 Å². The minimum absolute atomic E-state index is 1.20. The van der Waals surface area contributed by atoms with Gasteiger partial charge in [0.1, 0.15) is 0 Å². The number of nitrogens with zero attached hydrogens (tertiary/aromatic N) is 1. The molecule has 76 valence electrons. The number of allylic oxidation sites excluding steroid dienone is 8. The summed E-state index contributed by atoms with van der Waals surface area (Å²) in [5.41, 5.74) is 5.47. The molecule has 1 nitrogen and oxygen atoms in total. The molecule has 0 bridgehead atoms. The molecule has 2 aliphatic carbocycles. The van der Waals surface area contributed by atoms with Gasteiger partial charge in [-0.2, -0.15) is 6.20 Å². The molecule has 0 N–H and O–H groups in total. The number of hydrogen-bond acceptors (Lipinski definition) is 0. The first-order chi connectivity index (χ1) is 7.45. The van der Waals surface area contributed by atoms with Crippen molar-refractivity contribution in [2.75, 3.05) is 0 Å². The average molecular weight is 196 g/mol. The smallest absolute Gasteiger partial charge is 0.0277 e. The Morgan fingerprint density at radius 2 is 1.73 bits per heavy atom. The minimum atomic E-state index is 1.20. The molecule has 1 heteroatoms. The lowest BCUT2D eigenvalue weighted by Gasteiger charge is -2.34. The Morgan fingerprint density at radius 1 is 0.933 bits per heavy atom. The summed E-state index contributed by atoms with van der Waals surface area (Å²) < 4.78 is 0. The van der Waals surface area contributed by atoms with Gasteiger partial charge in [0.15, 0.2) is 0 Å². The van der Waals surface area contributed by atoms with Gasteiger partial charge < -0.3 is 5.32 Å². The highest BCUT2D eigenvalue weighted by atomic mass is 14.9. The van der Waals surface area contributed by atoms with Gasteiger partial charge >= 0.3 is 0 Å². The van der Waals surface area contributed by atoms with Crippen LogP contribution in [0.25, 0.3) is 5.32 Å². The Kier molecular flexibility index (Phi) is 2.09. The van der Waals surface area contributed by atoms with Gasteiger partial charge in [-0.25, -0.2) is 0 Å². The first-order valence-corrected chi connectivity index (χ1v) is 5.64. The molecule has 0 fully saturated rings. The summed E-state index contributed by atoms with van der Waals surface area (Å²) in [6.45, 7) is 0. The highest BCUT2D eigenvalue weighted by Gasteiger charge is 2.13. The lowest BCUT2D eigenvalue weighted by atomic mass is 9.87. The molecule has 0 saturated carbocycles. The van der Waals surface area contributed by atoms with Gasteiger partial charge in [-0.05, 0) is 36.8 Å². The molecule has 0 aromatic heterocycles. The molecule has 0 radical (unpaired) electrons. The van der Waals surface area contributed by atoms with Gasteiger partial charge in [0.25, 0.3) is 0 Å².